The number of aromatic nitrogens is 3. The lowest BCUT2D eigenvalue weighted by atomic mass is 10.3. The number of halogens is 2. The Hall–Kier alpha value is -2.83. The molecule has 0 unspecified atom stereocenters. The topological polar surface area (TPSA) is 106 Å². The second-order valence-corrected chi connectivity index (χ2v) is 10.1. The number of hydrogen-bond acceptors (Lipinski definition) is 7. The third kappa shape index (κ3) is 6.36. The first kappa shape index (κ1) is 24.8. The third-order valence-electron chi connectivity index (χ3n) is 4.49. The van der Waals surface area contributed by atoms with Crippen molar-refractivity contribution in [1.82, 2.24) is 14.8 Å². The number of amides is 1. The first-order valence-corrected chi connectivity index (χ1v) is 12.7. The lowest BCUT2D eigenvalue weighted by molar-refractivity contribution is -0.113. The number of thioether (sulfide) groups is 1. The molecule has 3 rings (SSSR count). The second-order valence-electron chi connectivity index (χ2n) is 6.89. The van der Waals surface area contributed by atoms with E-state index in [-0.39, 0.29) is 18.2 Å². The van der Waals surface area contributed by atoms with Crippen LogP contribution in [0.25, 0.3) is 0 Å². The highest BCUT2D eigenvalue weighted by Gasteiger charge is 2.22. The van der Waals surface area contributed by atoms with Gasteiger partial charge in [-0.25, -0.2) is 12.8 Å². The zero-order valence-corrected chi connectivity index (χ0v) is 20.3. The number of carbonyl (C=O) groups excluding carboxylic acids is 1. The van der Waals surface area contributed by atoms with Crippen LogP contribution in [0.4, 0.5) is 15.8 Å². The lowest BCUT2D eigenvalue weighted by Crippen LogP contribution is -2.30. The van der Waals surface area contributed by atoms with E-state index in [1.54, 1.807) is 29.8 Å². The Labute approximate surface area is 199 Å². The SMILES string of the molecule is COc1ccc(NC(=O)CSc2nnc(CN(c3ccc(F)cc3)S(C)(=O)=O)n2C)cc1Cl. The zero-order valence-electron chi connectivity index (χ0n) is 17.9. The van der Waals surface area contributed by atoms with Crippen LogP contribution in [0, 0.1) is 5.82 Å². The van der Waals surface area contributed by atoms with Crippen LogP contribution in [-0.2, 0) is 28.4 Å². The van der Waals surface area contributed by atoms with E-state index < -0.39 is 15.8 Å². The fraction of sp³-hybridized carbons (Fsp3) is 0.250. The van der Waals surface area contributed by atoms with E-state index in [1.807, 2.05) is 0 Å². The molecule has 0 fully saturated rings. The normalized spacial score (nSPS) is 11.3. The van der Waals surface area contributed by atoms with Crippen molar-refractivity contribution in [2.45, 2.75) is 11.7 Å². The molecule has 0 aliphatic rings. The van der Waals surface area contributed by atoms with Crippen molar-refractivity contribution in [2.75, 3.05) is 28.7 Å². The first-order valence-electron chi connectivity index (χ1n) is 9.46. The van der Waals surface area contributed by atoms with Crippen molar-refractivity contribution in [3.05, 3.63) is 59.1 Å². The van der Waals surface area contributed by atoms with Gasteiger partial charge in [0.1, 0.15) is 11.6 Å². The lowest BCUT2D eigenvalue weighted by Gasteiger charge is -2.21. The molecule has 0 radical (unpaired) electrons. The summed E-state index contributed by atoms with van der Waals surface area (Å²) in [6.07, 6.45) is 1.05. The molecular formula is C20H21ClFN5O4S2. The van der Waals surface area contributed by atoms with Gasteiger partial charge in [-0.3, -0.25) is 9.10 Å². The van der Waals surface area contributed by atoms with Gasteiger partial charge in [-0.1, -0.05) is 23.4 Å². The van der Waals surface area contributed by atoms with Gasteiger partial charge in [0, 0.05) is 12.7 Å². The van der Waals surface area contributed by atoms with Gasteiger partial charge >= 0.3 is 0 Å². The number of ether oxygens (including phenoxy) is 1. The van der Waals surface area contributed by atoms with Crippen LogP contribution in [0.3, 0.4) is 0 Å². The molecule has 2 aromatic carbocycles. The van der Waals surface area contributed by atoms with E-state index in [4.69, 9.17) is 16.3 Å². The summed E-state index contributed by atoms with van der Waals surface area (Å²) in [5.74, 6) is 0.146. The summed E-state index contributed by atoms with van der Waals surface area (Å²) in [6.45, 7) is -0.106. The van der Waals surface area contributed by atoms with Gasteiger partial charge in [-0.2, -0.15) is 0 Å². The van der Waals surface area contributed by atoms with Crippen LogP contribution in [0.5, 0.6) is 5.75 Å². The van der Waals surface area contributed by atoms with Crippen LogP contribution in [0.1, 0.15) is 5.82 Å². The maximum absolute atomic E-state index is 13.2. The molecule has 176 valence electrons. The van der Waals surface area contributed by atoms with E-state index in [0.29, 0.717) is 33.1 Å². The van der Waals surface area contributed by atoms with E-state index in [0.717, 1.165) is 22.3 Å². The highest BCUT2D eigenvalue weighted by atomic mass is 35.5. The predicted molar refractivity (Wildman–Crippen MR) is 126 cm³/mol. The van der Waals surface area contributed by atoms with Crippen molar-refractivity contribution < 1.29 is 22.3 Å². The fourth-order valence-corrected chi connectivity index (χ4v) is 4.66. The van der Waals surface area contributed by atoms with Gasteiger partial charge in [0.25, 0.3) is 0 Å². The number of rotatable bonds is 9. The molecule has 13 heteroatoms. The molecule has 0 aliphatic heterocycles. The van der Waals surface area contributed by atoms with Gasteiger partial charge in [0.15, 0.2) is 11.0 Å². The number of hydrogen-bond donors (Lipinski definition) is 1. The molecule has 33 heavy (non-hydrogen) atoms. The smallest absolute Gasteiger partial charge is 0.234 e. The largest absolute Gasteiger partial charge is 0.495 e. The molecule has 1 amide bonds. The van der Waals surface area contributed by atoms with Crippen LogP contribution in [-0.4, -0.2) is 48.2 Å². The van der Waals surface area contributed by atoms with Gasteiger partial charge in [-0.15, -0.1) is 10.2 Å². The van der Waals surface area contributed by atoms with Crippen molar-refractivity contribution in [2.24, 2.45) is 7.05 Å². The minimum absolute atomic E-state index is 0.0450. The van der Waals surface area contributed by atoms with Crippen LogP contribution in [0.15, 0.2) is 47.6 Å². The van der Waals surface area contributed by atoms with E-state index in [1.165, 1.54) is 31.4 Å². The number of benzene rings is 2. The highest BCUT2D eigenvalue weighted by molar-refractivity contribution is 7.99. The van der Waals surface area contributed by atoms with Crippen molar-refractivity contribution in [3.63, 3.8) is 0 Å². The van der Waals surface area contributed by atoms with E-state index in [9.17, 15) is 17.6 Å². The van der Waals surface area contributed by atoms with Gasteiger partial charge in [0.2, 0.25) is 15.9 Å². The number of nitrogens with one attached hydrogen (secondary N) is 1. The zero-order chi connectivity index (χ0) is 24.2. The molecule has 1 N–H and O–H groups in total. The minimum atomic E-state index is -3.67. The fourth-order valence-electron chi connectivity index (χ4n) is 2.82. The summed E-state index contributed by atoms with van der Waals surface area (Å²) in [7, 11) is -0.496. The number of carbonyl (C=O) groups is 1. The summed E-state index contributed by atoms with van der Waals surface area (Å²) in [5.41, 5.74) is 0.821. The van der Waals surface area contributed by atoms with Gasteiger partial charge < -0.3 is 14.6 Å². The standard InChI is InChI=1S/C20H21ClFN5O4S2/c1-26-18(11-27(33(3,29)30)15-7-4-13(22)5-8-15)24-25-20(26)32-12-19(28)23-14-6-9-17(31-2)16(21)10-14/h4-10H,11-12H2,1-3H3,(H,23,28). The Kier molecular flexibility index (Phi) is 7.82. The minimum Gasteiger partial charge on any atom is -0.495 e. The second kappa shape index (κ2) is 10.4. The first-order chi connectivity index (χ1) is 15.6. The summed E-state index contributed by atoms with van der Waals surface area (Å²) < 4.78 is 45.6. The highest BCUT2D eigenvalue weighted by Crippen LogP contribution is 2.27. The Morgan fingerprint density at radius 2 is 1.94 bits per heavy atom. The molecule has 9 nitrogen and oxygen atoms in total. The molecule has 0 aliphatic carbocycles. The monoisotopic (exact) mass is 513 g/mol. The van der Waals surface area contributed by atoms with Crippen molar-refractivity contribution in [3.8, 4) is 5.75 Å². The summed E-state index contributed by atoms with van der Waals surface area (Å²) in [6, 6.07) is 10.0. The Bertz CT molecular complexity index is 1250. The summed E-state index contributed by atoms with van der Waals surface area (Å²) in [4.78, 5) is 12.3. The number of anilines is 2. The van der Waals surface area contributed by atoms with Gasteiger partial charge in [0.05, 0.1) is 36.4 Å². The molecular weight excluding hydrogens is 493 g/mol. The number of sulfonamides is 1. The predicted octanol–water partition coefficient (Wildman–Crippen LogP) is 3.31. The van der Waals surface area contributed by atoms with E-state index in [2.05, 4.69) is 15.5 Å². The average Bonchev–Trinajstić information content (AvgIpc) is 3.10. The van der Waals surface area contributed by atoms with Crippen LogP contribution >= 0.6 is 23.4 Å². The summed E-state index contributed by atoms with van der Waals surface area (Å²) in [5, 5.41) is 11.6. The molecule has 1 heterocycles. The van der Waals surface area contributed by atoms with Crippen molar-refractivity contribution in [1.29, 1.82) is 0 Å². The molecule has 0 spiro atoms. The van der Waals surface area contributed by atoms with Crippen LogP contribution in [0.2, 0.25) is 5.02 Å². The number of nitrogens with zero attached hydrogens (tertiary/aromatic N) is 4. The van der Waals surface area contributed by atoms with E-state index >= 15 is 0 Å². The molecule has 0 saturated heterocycles. The Balaban J connectivity index is 1.66. The number of methoxy groups -OCH3 is 1. The molecule has 3 aromatic rings. The molecule has 0 saturated carbocycles. The summed E-state index contributed by atoms with van der Waals surface area (Å²) >= 11 is 7.21. The van der Waals surface area contributed by atoms with Crippen LogP contribution < -0.4 is 14.4 Å². The molecule has 1 aromatic heterocycles. The van der Waals surface area contributed by atoms with Gasteiger partial charge in [-0.05, 0) is 42.5 Å². The molecule has 0 bridgehead atoms. The maximum Gasteiger partial charge on any atom is 0.234 e. The quantitative estimate of drug-likeness (QED) is 0.437. The maximum atomic E-state index is 13.2. The Morgan fingerprint density at radius 1 is 1.24 bits per heavy atom. The molecule has 0 atom stereocenters. The average molecular weight is 514 g/mol. The Morgan fingerprint density at radius 3 is 2.55 bits per heavy atom. The van der Waals surface area contributed by atoms with Crippen molar-refractivity contribution >= 4 is 50.7 Å². The third-order valence-corrected chi connectivity index (χ3v) is 6.95.